The van der Waals surface area contributed by atoms with Crippen molar-refractivity contribution in [2.45, 2.75) is 13.0 Å². The Morgan fingerprint density at radius 2 is 2.16 bits per heavy atom. The van der Waals surface area contributed by atoms with Crippen molar-refractivity contribution in [3.05, 3.63) is 34.6 Å². The minimum Gasteiger partial charge on any atom is -0.481 e. The molecule has 6 heteroatoms. The van der Waals surface area contributed by atoms with Crippen molar-refractivity contribution in [2.24, 2.45) is 11.8 Å². The Labute approximate surface area is 114 Å². The fourth-order valence-electron chi connectivity index (χ4n) is 2.01. The molecule has 1 saturated carbocycles. The van der Waals surface area contributed by atoms with Crippen LogP contribution in [0, 0.1) is 17.7 Å². The number of hydrogen-bond acceptors (Lipinski definition) is 2. The molecule has 0 unspecified atom stereocenters. The summed E-state index contributed by atoms with van der Waals surface area (Å²) in [5.74, 6) is -2.60. The summed E-state index contributed by atoms with van der Waals surface area (Å²) in [6, 6.07) is 3.98. The summed E-state index contributed by atoms with van der Waals surface area (Å²) in [7, 11) is 1.58. The molecule has 1 aromatic rings. The molecule has 1 aromatic carbocycles. The molecule has 19 heavy (non-hydrogen) atoms. The lowest BCUT2D eigenvalue weighted by atomic mass is 10.2. The van der Waals surface area contributed by atoms with E-state index in [4.69, 9.17) is 16.7 Å². The van der Waals surface area contributed by atoms with E-state index >= 15 is 0 Å². The average molecular weight is 286 g/mol. The van der Waals surface area contributed by atoms with E-state index < -0.39 is 23.6 Å². The lowest BCUT2D eigenvalue weighted by molar-refractivity contribution is -0.141. The fraction of sp³-hybridized carbons (Fsp3) is 0.385. The van der Waals surface area contributed by atoms with E-state index in [1.54, 1.807) is 7.05 Å². The molecule has 102 valence electrons. The third-order valence-corrected chi connectivity index (χ3v) is 3.58. The molecule has 1 amide bonds. The average Bonchev–Trinajstić information content (AvgIpc) is 3.11. The zero-order valence-electron chi connectivity index (χ0n) is 10.3. The Bertz CT molecular complexity index is 535. The smallest absolute Gasteiger partial charge is 0.307 e. The second-order valence-electron chi connectivity index (χ2n) is 4.72. The van der Waals surface area contributed by atoms with Gasteiger partial charge in [-0.05, 0) is 24.1 Å². The molecule has 0 radical (unpaired) electrons. The van der Waals surface area contributed by atoms with Crippen LogP contribution in [-0.2, 0) is 16.1 Å². The van der Waals surface area contributed by atoms with Crippen LogP contribution in [0.3, 0.4) is 0 Å². The van der Waals surface area contributed by atoms with Crippen molar-refractivity contribution in [1.82, 2.24) is 4.90 Å². The van der Waals surface area contributed by atoms with Crippen molar-refractivity contribution >= 4 is 23.5 Å². The van der Waals surface area contributed by atoms with Crippen LogP contribution >= 0.6 is 11.6 Å². The van der Waals surface area contributed by atoms with Gasteiger partial charge in [-0.2, -0.15) is 0 Å². The van der Waals surface area contributed by atoms with E-state index in [1.807, 2.05) is 0 Å². The number of carbonyl (C=O) groups excluding carboxylic acids is 1. The molecule has 1 aliphatic carbocycles. The van der Waals surface area contributed by atoms with Crippen LogP contribution in [0.4, 0.5) is 4.39 Å². The molecule has 4 nitrogen and oxygen atoms in total. The van der Waals surface area contributed by atoms with Gasteiger partial charge in [0.2, 0.25) is 5.91 Å². The summed E-state index contributed by atoms with van der Waals surface area (Å²) < 4.78 is 12.9. The predicted octanol–water partition coefficient (Wildman–Crippen LogP) is 2.16. The highest BCUT2D eigenvalue weighted by Gasteiger charge is 2.49. The third-order valence-electron chi connectivity index (χ3n) is 3.22. The number of aliphatic carboxylic acids is 1. The number of halogens is 2. The number of nitrogens with zero attached hydrogens (tertiary/aromatic N) is 1. The van der Waals surface area contributed by atoms with Crippen LogP contribution in [-0.4, -0.2) is 28.9 Å². The van der Waals surface area contributed by atoms with Crippen LogP contribution < -0.4 is 0 Å². The highest BCUT2D eigenvalue weighted by Crippen LogP contribution is 2.40. The van der Waals surface area contributed by atoms with Gasteiger partial charge < -0.3 is 10.0 Å². The largest absolute Gasteiger partial charge is 0.481 e. The van der Waals surface area contributed by atoms with Crippen molar-refractivity contribution in [3.63, 3.8) is 0 Å². The molecule has 1 N–H and O–H groups in total. The van der Waals surface area contributed by atoms with Crippen molar-refractivity contribution < 1.29 is 19.1 Å². The summed E-state index contributed by atoms with van der Waals surface area (Å²) in [4.78, 5) is 24.1. The van der Waals surface area contributed by atoms with Gasteiger partial charge in [0.25, 0.3) is 0 Å². The molecule has 0 spiro atoms. The summed E-state index contributed by atoms with van der Waals surface area (Å²) >= 11 is 5.88. The van der Waals surface area contributed by atoms with Gasteiger partial charge in [0.05, 0.1) is 11.8 Å². The van der Waals surface area contributed by atoms with E-state index in [2.05, 4.69) is 0 Å². The SMILES string of the molecule is CN(Cc1ccc(F)cc1Cl)C(=O)[C@@H]1C[C@H]1C(=O)O. The second kappa shape index (κ2) is 5.17. The monoisotopic (exact) mass is 285 g/mol. The third kappa shape index (κ3) is 3.04. The minimum absolute atomic E-state index is 0.215. The second-order valence-corrected chi connectivity index (χ2v) is 5.12. The summed E-state index contributed by atoms with van der Waals surface area (Å²) in [5.41, 5.74) is 0.631. The molecule has 0 heterocycles. The molecule has 1 aliphatic rings. The van der Waals surface area contributed by atoms with Crippen LogP contribution in [0.15, 0.2) is 18.2 Å². The first-order valence-electron chi connectivity index (χ1n) is 5.82. The Balaban J connectivity index is 1.99. The summed E-state index contributed by atoms with van der Waals surface area (Å²) in [6.45, 7) is 0.237. The Hall–Kier alpha value is -1.62. The first-order chi connectivity index (χ1) is 8.90. The number of carbonyl (C=O) groups is 2. The van der Waals surface area contributed by atoms with Crippen molar-refractivity contribution in [1.29, 1.82) is 0 Å². The van der Waals surface area contributed by atoms with E-state index in [9.17, 15) is 14.0 Å². The van der Waals surface area contributed by atoms with Crippen LogP contribution in [0.1, 0.15) is 12.0 Å². The molecule has 2 rings (SSSR count). The lowest BCUT2D eigenvalue weighted by Crippen LogP contribution is -2.29. The van der Waals surface area contributed by atoms with Gasteiger partial charge in [-0.15, -0.1) is 0 Å². The Morgan fingerprint density at radius 3 is 2.68 bits per heavy atom. The lowest BCUT2D eigenvalue weighted by Gasteiger charge is -2.18. The minimum atomic E-state index is -0.938. The van der Waals surface area contributed by atoms with Gasteiger partial charge in [-0.25, -0.2) is 4.39 Å². The number of rotatable bonds is 4. The van der Waals surface area contributed by atoms with Crippen molar-refractivity contribution in [2.75, 3.05) is 7.05 Å². The first kappa shape index (κ1) is 13.8. The quantitative estimate of drug-likeness (QED) is 0.922. The standard InChI is InChI=1S/C13H13ClFNO3/c1-16(12(17)9-5-10(9)13(18)19)6-7-2-3-8(15)4-11(7)14/h2-4,9-10H,5-6H2,1H3,(H,18,19)/t9-,10-/m1/s1. The molecule has 2 atom stereocenters. The molecule has 1 fully saturated rings. The molecule has 0 aromatic heterocycles. The van der Waals surface area contributed by atoms with Gasteiger partial charge in [0, 0.05) is 18.6 Å². The fourth-order valence-corrected chi connectivity index (χ4v) is 2.23. The molecular weight excluding hydrogens is 273 g/mol. The van der Waals surface area contributed by atoms with Crippen LogP contribution in [0.2, 0.25) is 5.02 Å². The normalized spacial score (nSPS) is 21.0. The van der Waals surface area contributed by atoms with Gasteiger partial charge in [-0.3, -0.25) is 9.59 Å². The highest BCUT2D eigenvalue weighted by molar-refractivity contribution is 6.31. The van der Waals surface area contributed by atoms with Gasteiger partial charge in [0.15, 0.2) is 0 Å². The summed E-state index contributed by atoms with van der Waals surface area (Å²) in [6.07, 6.45) is 0.385. The highest BCUT2D eigenvalue weighted by atomic mass is 35.5. The van der Waals surface area contributed by atoms with Gasteiger partial charge in [-0.1, -0.05) is 17.7 Å². The van der Waals surface area contributed by atoms with E-state index in [1.165, 1.54) is 23.1 Å². The number of carboxylic acid groups (broad SMARTS) is 1. The Kier molecular flexibility index (Phi) is 3.75. The topological polar surface area (TPSA) is 57.6 Å². The van der Waals surface area contributed by atoms with E-state index in [0.29, 0.717) is 12.0 Å². The number of amides is 1. The van der Waals surface area contributed by atoms with Gasteiger partial charge >= 0.3 is 5.97 Å². The number of hydrogen-bond donors (Lipinski definition) is 1. The van der Waals surface area contributed by atoms with Gasteiger partial charge in [0.1, 0.15) is 5.82 Å². The predicted molar refractivity (Wildman–Crippen MR) is 67.1 cm³/mol. The summed E-state index contributed by atoms with van der Waals surface area (Å²) in [5, 5.41) is 9.04. The zero-order chi connectivity index (χ0) is 14.2. The first-order valence-corrected chi connectivity index (χ1v) is 6.19. The maximum absolute atomic E-state index is 12.9. The number of benzene rings is 1. The maximum atomic E-state index is 12.9. The number of carboxylic acids is 1. The van der Waals surface area contributed by atoms with Crippen LogP contribution in [0.25, 0.3) is 0 Å². The van der Waals surface area contributed by atoms with E-state index in [-0.39, 0.29) is 17.5 Å². The maximum Gasteiger partial charge on any atom is 0.307 e. The molecular formula is C13H13ClFNO3. The van der Waals surface area contributed by atoms with Crippen LogP contribution in [0.5, 0.6) is 0 Å². The molecule has 0 bridgehead atoms. The van der Waals surface area contributed by atoms with E-state index in [0.717, 1.165) is 0 Å². The Morgan fingerprint density at radius 1 is 1.47 bits per heavy atom. The zero-order valence-corrected chi connectivity index (χ0v) is 11.0. The molecule has 0 saturated heterocycles. The molecule has 0 aliphatic heterocycles. The van der Waals surface area contributed by atoms with Crippen molar-refractivity contribution in [3.8, 4) is 0 Å².